The molecule has 2 fully saturated rings. The van der Waals surface area contributed by atoms with E-state index in [0.29, 0.717) is 55.9 Å². The van der Waals surface area contributed by atoms with Crippen LogP contribution in [0.2, 0.25) is 0 Å². The van der Waals surface area contributed by atoms with E-state index in [1.807, 2.05) is 11.0 Å². The van der Waals surface area contributed by atoms with E-state index >= 15 is 0 Å². The Labute approximate surface area is 236 Å². The molecule has 0 saturated carbocycles. The molecule has 1 amide bonds. The van der Waals surface area contributed by atoms with Gasteiger partial charge in [-0.15, -0.1) is 0 Å². The van der Waals surface area contributed by atoms with E-state index in [4.69, 9.17) is 14.2 Å². The molecule has 1 aromatic carbocycles. The minimum absolute atomic E-state index is 0.00880. The van der Waals surface area contributed by atoms with Crippen molar-refractivity contribution in [3.63, 3.8) is 0 Å². The summed E-state index contributed by atoms with van der Waals surface area (Å²) in [5, 5.41) is 3.61. The number of benzene rings is 1. The maximum absolute atomic E-state index is 14.1. The summed E-state index contributed by atoms with van der Waals surface area (Å²) in [7, 11) is 1.64. The number of amides is 1. The molecule has 3 aliphatic rings. The van der Waals surface area contributed by atoms with Crippen molar-refractivity contribution in [2.75, 3.05) is 64.6 Å². The van der Waals surface area contributed by atoms with Crippen LogP contribution in [0.4, 0.5) is 10.1 Å². The van der Waals surface area contributed by atoms with E-state index in [0.717, 1.165) is 44.0 Å². The van der Waals surface area contributed by atoms with E-state index < -0.39 is 0 Å². The van der Waals surface area contributed by atoms with Gasteiger partial charge in [0.05, 0.1) is 32.4 Å². The fourth-order valence-corrected chi connectivity index (χ4v) is 6.09. The van der Waals surface area contributed by atoms with Gasteiger partial charge in [-0.2, -0.15) is 0 Å². The number of hydrogen-bond acceptors (Lipinski definition) is 8. The van der Waals surface area contributed by atoms with Crippen LogP contribution in [-0.4, -0.2) is 111 Å². The number of morpholine rings is 1. The first-order valence-corrected chi connectivity index (χ1v) is 14.3. The highest BCUT2D eigenvalue weighted by Crippen LogP contribution is 2.34. The zero-order chi connectivity index (χ0) is 28.2. The normalized spacial score (nSPS) is 27.7. The molecular formula is C30H42FN5O4. The molecule has 9 nitrogen and oxygen atoms in total. The van der Waals surface area contributed by atoms with Crippen molar-refractivity contribution in [1.82, 2.24) is 20.1 Å². The number of fused-ring (bicyclic) bond motifs is 1. The Morgan fingerprint density at radius 3 is 2.58 bits per heavy atom. The van der Waals surface area contributed by atoms with Crippen LogP contribution in [0.25, 0.3) is 0 Å². The Hall–Kier alpha value is -2.63. The minimum atomic E-state index is -0.266. The summed E-state index contributed by atoms with van der Waals surface area (Å²) in [6, 6.07) is 9.33. The van der Waals surface area contributed by atoms with Gasteiger partial charge in [-0.25, -0.2) is 9.37 Å². The third kappa shape index (κ3) is 6.63. The molecule has 0 spiro atoms. The lowest BCUT2D eigenvalue weighted by Crippen LogP contribution is -2.64. The second-order valence-corrected chi connectivity index (χ2v) is 11.5. The van der Waals surface area contributed by atoms with Gasteiger partial charge in [0.2, 0.25) is 11.8 Å². The van der Waals surface area contributed by atoms with E-state index in [1.54, 1.807) is 25.4 Å². The molecule has 40 heavy (non-hydrogen) atoms. The van der Waals surface area contributed by atoms with Crippen LogP contribution in [0.15, 0.2) is 36.5 Å². The Bertz CT molecular complexity index is 1140. The molecule has 1 aromatic heterocycles. The third-order valence-corrected chi connectivity index (χ3v) is 8.21. The number of hydrogen-bond donors (Lipinski definition) is 1. The van der Waals surface area contributed by atoms with Gasteiger partial charge in [-0.05, 0) is 56.5 Å². The van der Waals surface area contributed by atoms with Gasteiger partial charge >= 0.3 is 0 Å². The predicted octanol–water partition coefficient (Wildman–Crippen LogP) is 2.32. The van der Waals surface area contributed by atoms with Crippen molar-refractivity contribution >= 4 is 11.6 Å². The van der Waals surface area contributed by atoms with E-state index in [-0.39, 0.29) is 23.8 Å². The summed E-state index contributed by atoms with van der Waals surface area (Å²) in [5.41, 5.74) is 2.55. The van der Waals surface area contributed by atoms with Gasteiger partial charge in [0.25, 0.3) is 0 Å². The molecular weight excluding hydrogens is 513 g/mol. The second-order valence-electron chi connectivity index (χ2n) is 11.5. The number of methoxy groups -OCH3 is 1. The molecule has 0 aliphatic carbocycles. The molecule has 3 aliphatic heterocycles. The average Bonchev–Trinajstić information content (AvgIpc) is 2.93. The molecule has 218 valence electrons. The lowest BCUT2D eigenvalue weighted by Gasteiger charge is -2.46. The lowest BCUT2D eigenvalue weighted by molar-refractivity contribution is -0.122. The third-order valence-electron chi connectivity index (χ3n) is 8.21. The molecule has 0 radical (unpaired) electrons. The van der Waals surface area contributed by atoms with Crippen molar-refractivity contribution < 1.29 is 23.4 Å². The van der Waals surface area contributed by atoms with E-state index in [2.05, 4.69) is 40.9 Å². The summed E-state index contributed by atoms with van der Waals surface area (Å²) >= 11 is 0. The number of nitrogens with one attached hydrogen (secondary N) is 1. The zero-order valence-electron chi connectivity index (χ0n) is 24.0. The number of pyridine rings is 1. The fourth-order valence-electron chi connectivity index (χ4n) is 6.09. The number of ether oxygens (including phenoxy) is 3. The molecule has 5 rings (SSSR count). The number of carbonyl (C=O) groups excluding carboxylic acids is 1. The second kappa shape index (κ2) is 12.9. The monoisotopic (exact) mass is 555 g/mol. The van der Waals surface area contributed by atoms with Crippen LogP contribution < -0.4 is 15.0 Å². The van der Waals surface area contributed by atoms with Gasteiger partial charge < -0.3 is 19.5 Å². The first-order valence-electron chi connectivity index (χ1n) is 14.3. The quantitative estimate of drug-likeness (QED) is 0.532. The van der Waals surface area contributed by atoms with Crippen molar-refractivity contribution in [2.45, 2.75) is 57.4 Å². The molecule has 4 heterocycles. The molecule has 0 unspecified atom stereocenters. The van der Waals surface area contributed by atoms with Crippen LogP contribution in [0.5, 0.6) is 5.88 Å². The van der Waals surface area contributed by atoms with Crippen LogP contribution in [-0.2, 0) is 20.7 Å². The molecule has 10 heteroatoms. The molecule has 5 atom stereocenters. The highest BCUT2D eigenvalue weighted by Gasteiger charge is 2.38. The molecule has 2 saturated heterocycles. The number of rotatable bonds is 8. The standard InChI is InChI=1S/C30H42FN5O4/c1-20-13-34(26(12-32-20)14-35-21(2)16-39-17-22(35)3)15-29(37)36-27(18-38-4)19-40-30-28(36)10-24(11-33-30)9-23-5-7-25(31)8-6-23/h5-8,10-11,20-22,26-27,32H,9,12-19H2,1-4H3/t20-,21-,22-,26-,27+/m1/s1. The van der Waals surface area contributed by atoms with Crippen LogP contribution in [0, 0.1) is 5.82 Å². The maximum atomic E-state index is 14.1. The predicted molar refractivity (Wildman–Crippen MR) is 151 cm³/mol. The Morgan fingerprint density at radius 1 is 1.10 bits per heavy atom. The van der Waals surface area contributed by atoms with Crippen molar-refractivity contribution in [1.29, 1.82) is 0 Å². The number of halogens is 1. The summed E-state index contributed by atoms with van der Waals surface area (Å²) in [5.74, 6) is 0.192. The summed E-state index contributed by atoms with van der Waals surface area (Å²) in [6.45, 7) is 11.5. The summed E-state index contributed by atoms with van der Waals surface area (Å²) in [6.07, 6.45) is 2.34. The largest absolute Gasteiger partial charge is 0.474 e. The van der Waals surface area contributed by atoms with Crippen molar-refractivity contribution in [3.05, 3.63) is 53.5 Å². The Kier molecular flexibility index (Phi) is 9.32. The Morgan fingerprint density at radius 2 is 1.85 bits per heavy atom. The maximum Gasteiger partial charge on any atom is 0.241 e. The number of nitrogens with zero attached hydrogens (tertiary/aromatic N) is 4. The average molecular weight is 556 g/mol. The van der Waals surface area contributed by atoms with Gasteiger partial charge in [0, 0.05) is 57.1 Å². The zero-order valence-corrected chi connectivity index (χ0v) is 24.0. The van der Waals surface area contributed by atoms with Crippen LogP contribution in [0.3, 0.4) is 0 Å². The smallest absolute Gasteiger partial charge is 0.241 e. The van der Waals surface area contributed by atoms with Crippen LogP contribution >= 0.6 is 0 Å². The number of piperazine rings is 1. The number of aromatic nitrogens is 1. The van der Waals surface area contributed by atoms with E-state index in [1.165, 1.54) is 12.1 Å². The summed E-state index contributed by atoms with van der Waals surface area (Å²) < 4.78 is 30.6. The van der Waals surface area contributed by atoms with Gasteiger partial charge in [0.1, 0.15) is 18.1 Å². The topological polar surface area (TPSA) is 79.4 Å². The molecule has 2 aromatic rings. The molecule has 0 bridgehead atoms. The highest BCUT2D eigenvalue weighted by atomic mass is 19.1. The first-order chi connectivity index (χ1) is 19.3. The summed E-state index contributed by atoms with van der Waals surface area (Å²) in [4.78, 5) is 25.4. The molecule has 1 N–H and O–H groups in total. The first kappa shape index (κ1) is 28.9. The Balaban J connectivity index is 1.37. The van der Waals surface area contributed by atoms with Crippen LogP contribution in [0.1, 0.15) is 31.9 Å². The van der Waals surface area contributed by atoms with Crippen molar-refractivity contribution in [2.24, 2.45) is 0 Å². The van der Waals surface area contributed by atoms with Gasteiger partial charge in [-0.1, -0.05) is 12.1 Å². The van der Waals surface area contributed by atoms with E-state index in [9.17, 15) is 9.18 Å². The minimum Gasteiger partial charge on any atom is -0.474 e. The number of anilines is 1. The SMILES string of the molecule is COC[C@H]1COc2ncc(Cc3ccc(F)cc3)cc2N1C(=O)CN1C[C@@H](C)NC[C@@H]1CN1[C@H](C)COC[C@H]1C. The lowest BCUT2D eigenvalue weighted by atomic mass is 10.0. The number of carbonyl (C=O) groups is 1. The van der Waals surface area contributed by atoms with Crippen molar-refractivity contribution in [3.8, 4) is 5.88 Å². The van der Waals surface area contributed by atoms with Gasteiger partial charge in [0.15, 0.2) is 0 Å². The fraction of sp³-hybridized carbons (Fsp3) is 0.600. The van der Waals surface area contributed by atoms with Gasteiger partial charge in [-0.3, -0.25) is 19.5 Å². The highest BCUT2D eigenvalue weighted by molar-refractivity contribution is 5.97.